The SMILES string of the molecule is CCOc1ccc(C(=O)O)cc1/C=C1\SC(=Nc2ccccc2)NC1=O. The fourth-order valence-electron chi connectivity index (χ4n) is 2.32. The molecule has 1 aliphatic rings. The Hall–Kier alpha value is -3.06. The van der Waals surface area contributed by atoms with Gasteiger partial charge >= 0.3 is 5.97 Å². The Morgan fingerprint density at radius 1 is 1.27 bits per heavy atom. The van der Waals surface area contributed by atoms with Crippen LogP contribution < -0.4 is 10.1 Å². The molecule has 2 aromatic carbocycles. The molecule has 1 saturated heterocycles. The summed E-state index contributed by atoms with van der Waals surface area (Å²) in [5.41, 5.74) is 1.40. The molecule has 0 atom stereocenters. The largest absolute Gasteiger partial charge is 0.493 e. The number of nitrogens with one attached hydrogen (secondary N) is 1. The highest BCUT2D eigenvalue weighted by Gasteiger charge is 2.24. The van der Waals surface area contributed by atoms with Gasteiger partial charge in [-0.15, -0.1) is 0 Å². The highest BCUT2D eigenvalue weighted by atomic mass is 32.2. The minimum atomic E-state index is -1.04. The number of carbonyl (C=O) groups is 2. The molecule has 1 aliphatic heterocycles. The minimum Gasteiger partial charge on any atom is -0.493 e. The van der Waals surface area contributed by atoms with Gasteiger partial charge in [0.1, 0.15) is 5.75 Å². The normalized spacial score (nSPS) is 16.7. The first-order valence-corrected chi connectivity index (χ1v) is 8.73. The average Bonchev–Trinajstić information content (AvgIpc) is 2.96. The molecule has 2 aromatic rings. The summed E-state index contributed by atoms with van der Waals surface area (Å²) in [6, 6.07) is 13.8. The van der Waals surface area contributed by atoms with Crippen molar-refractivity contribution in [3.8, 4) is 5.75 Å². The predicted octanol–water partition coefficient (Wildman–Crippen LogP) is 3.68. The van der Waals surface area contributed by atoms with Gasteiger partial charge in [-0.2, -0.15) is 0 Å². The van der Waals surface area contributed by atoms with Crippen LogP contribution >= 0.6 is 11.8 Å². The van der Waals surface area contributed by atoms with Crippen LogP contribution in [0.3, 0.4) is 0 Å². The van der Waals surface area contributed by atoms with Gasteiger partial charge in [-0.05, 0) is 55.1 Å². The standard InChI is InChI=1S/C19H16N2O4S/c1-2-25-15-9-8-12(18(23)24)10-13(15)11-16-17(22)21-19(26-16)20-14-6-4-3-5-7-14/h3-11H,2H2,1H3,(H,23,24)(H,20,21,22)/b16-11-. The molecule has 132 valence electrons. The number of ether oxygens (including phenoxy) is 1. The first kappa shape index (κ1) is 17.8. The van der Waals surface area contributed by atoms with Crippen LogP contribution in [0.15, 0.2) is 58.4 Å². The molecule has 1 heterocycles. The van der Waals surface area contributed by atoms with E-state index < -0.39 is 5.97 Å². The second-order valence-electron chi connectivity index (χ2n) is 5.31. The van der Waals surface area contributed by atoms with Crippen molar-refractivity contribution in [3.63, 3.8) is 0 Å². The smallest absolute Gasteiger partial charge is 0.335 e. The highest BCUT2D eigenvalue weighted by molar-refractivity contribution is 8.18. The van der Waals surface area contributed by atoms with Gasteiger partial charge in [-0.3, -0.25) is 4.79 Å². The number of carbonyl (C=O) groups excluding carboxylic acids is 1. The number of para-hydroxylation sites is 1. The maximum absolute atomic E-state index is 12.2. The molecule has 0 unspecified atom stereocenters. The zero-order chi connectivity index (χ0) is 18.5. The number of rotatable bonds is 5. The molecule has 0 aromatic heterocycles. The summed E-state index contributed by atoms with van der Waals surface area (Å²) < 4.78 is 5.53. The number of aliphatic imine (C=N–C) groups is 1. The predicted molar refractivity (Wildman–Crippen MR) is 102 cm³/mol. The van der Waals surface area contributed by atoms with Crippen molar-refractivity contribution in [2.24, 2.45) is 4.99 Å². The van der Waals surface area contributed by atoms with Crippen molar-refractivity contribution in [2.45, 2.75) is 6.92 Å². The van der Waals surface area contributed by atoms with E-state index in [1.54, 1.807) is 12.1 Å². The maximum atomic E-state index is 12.2. The molecule has 26 heavy (non-hydrogen) atoms. The van der Waals surface area contributed by atoms with Crippen LogP contribution in [0.25, 0.3) is 6.08 Å². The zero-order valence-electron chi connectivity index (χ0n) is 13.9. The summed E-state index contributed by atoms with van der Waals surface area (Å²) in [6.07, 6.45) is 1.62. The lowest BCUT2D eigenvalue weighted by Crippen LogP contribution is -2.19. The Morgan fingerprint density at radius 2 is 2.04 bits per heavy atom. The third-order valence-electron chi connectivity index (χ3n) is 3.48. The van der Waals surface area contributed by atoms with Crippen LogP contribution in [0.4, 0.5) is 5.69 Å². The number of amidine groups is 1. The highest BCUT2D eigenvalue weighted by Crippen LogP contribution is 2.31. The molecule has 0 bridgehead atoms. The van der Waals surface area contributed by atoms with Crippen LogP contribution in [0.5, 0.6) is 5.75 Å². The summed E-state index contributed by atoms with van der Waals surface area (Å²) in [6.45, 7) is 2.27. The number of hydrogen-bond donors (Lipinski definition) is 2. The van der Waals surface area contributed by atoms with Gasteiger partial charge in [0.2, 0.25) is 0 Å². The maximum Gasteiger partial charge on any atom is 0.335 e. The third kappa shape index (κ3) is 4.12. The van der Waals surface area contributed by atoms with Gasteiger partial charge in [0.05, 0.1) is 22.8 Å². The van der Waals surface area contributed by atoms with Crippen molar-refractivity contribution >= 4 is 40.6 Å². The monoisotopic (exact) mass is 368 g/mol. The van der Waals surface area contributed by atoms with Gasteiger partial charge < -0.3 is 15.2 Å². The number of hydrogen-bond acceptors (Lipinski definition) is 5. The van der Waals surface area contributed by atoms with E-state index in [4.69, 9.17) is 4.74 Å². The van der Waals surface area contributed by atoms with Crippen LogP contribution in [0, 0.1) is 0 Å². The molecule has 6 nitrogen and oxygen atoms in total. The van der Waals surface area contributed by atoms with Gasteiger partial charge in [0, 0.05) is 5.56 Å². The first-order chi connectivity index (χ1) is 12.6. The Kier molecular flexibility index (Phi) is 5.38. The van der Waals surface area contributed by atoms with E-state index in [0.29, 0.717) is 28.0 Å². The number of carboxylic acids is 1. The van der Waals surface area contributed by atoms with Gasteiger partial charge in [-0.1, -0.05) is 18.2 Å². The molecule has 1 amide bonds. The van der Waals surface area contributed by atoms with Crippen molar-refractivity contribution in [3.05, 3.63) is 64.6 Å². The molecule has 0 radical (unpaired) electrons. The Bertz CT molecular complexity index is 907. The first-order valence-electron chi connectivity index (χ1n) is 7.91. The molecule has 0 aliphatic carbocycles. The molecule has 1 fully saturated rings. The summed E-state index contributed by atoms with van der Waals surface area (Å²) in [4.78, 5) is 28.2. The molecule has 0 saturated carbocycles. The zero-order valence-corrected chi connectivity index (χ0v) is 14.7. The number of carboxylic acid groups (broad SMARTS) is 1. The van der Waals surface area contributed by atoms with E-state index >= 15 is 0 Å². The third-order valence-corrected chi connectivity index (χ3v) is 4.39. The van der Waals surface area contributed by atoms with Gasteiger partial charge in [0.25, 0.3) is 5.91 Å². The van der Waals surface area contributed by atoms with Crippen LogP contribution in [0.1, 0.15) is 22.8 Å². The Balaban J connectivity index is 1.92. The second kappa shape index (κ2) is 7.88. The molecular formula is C19H16N2O4S. The van der Waals surface area contributed by atoms with E-state index in [9.17, 15) is 14.7 Å². The van der Waals surface area contributed by atoms with Crippen LogP contribution in [0.2, 0.25) is 0 Å². The lowest BCUT2D eigenvalue weighted by Gasteiger charge is -2.08. The molecule has 3 rings (SSSR count). The van der Waals surface area contributed by atoms with Crippen molar-refractivity contribution in [2.75, 3.05) is 6.61 Å². The number of nitrogens with zero attached hydrogens (tertiary/aromatic N) is 1. The molecule has 2 N–H and O–H groups in total. The van der Waals surface area contributed by atoms with E-state index in [1.807, 2.05) is 37.3 Å². The number of thioether (sulfide) groups is 1. The van der Waals surface area contributed by atoms with E-state index in [1.165, 1.54) is 23.9 Å². The fourth-order valence-corrected chi connectivity index (χ4v) is 3.16. The topological polar surface area (TPSA) is 88.0 Å². The number of aromatic carboxylic acids is 1. The van der Waals surface area contributed by atoms with Crippen LogP contribution in [-0.2, 0) is 4.79 Å². The number of benzene rings is 2. The molecular weight excluding hydrogens is 352 g/mol. The fraction of sp³-hybridized carbons (Fsp3) is 0.105. The molecule has 0 spiro atoms. The average molecular weight is 368 g/mol. The molecule has 7 heteroatoms. The summed E-state index contributed by atoms with van der Waals surface area (Å²) in [5, 5.41) is 12.4. The van der Waals surface area contributed by atoms with Gasteiger partial charge in [0.15, 0.2) is 5.17 Å². The van der Waals surface area contributed by atoms with Crippen molar-refractivity contribution in [1.29, 1.82) is 0 Å². The van der Waals surface area contributed by atoms with Crippen molar-refractivity contribution in [1.82, 2.24) is 5.32 Å². The lowest BCUT2D eigenvalue weighted by molar-refractivity contribution is -0.115. The van der Waals surface area contributed by atoms with E-state index in [2.05, 4.69) is 10.3 Å². The Labute approximate surface area is 154 Å². The number of amides is 1. The van der Waals surface area contributed by atoms with Crippen molar-refractivity contribution < 1.29 is 19.4 Å². The van der Waals surface area contributed by atoms with Gasteiger partial charge in [-0.25, -0.2) is 9.79 Å². The van der Waals surface area contributed by atoms with E-state index in [-0.39, 0.29) is 11.5 Å². The minimum absolute atomic E-state index is 0.127. The van der Waals surface area contributed by atoms with Crippen LogP contribution in [-0.4, -0.2) is 28.8 Å². The summed E-state index contributed by atoms with van der Waals surface area (Å²) in [5.74, 6) is -0.803. The second-order valence-corrected chi connectivity index (χ2v) is 6.34. The Morgan fingerprint density at radius 3 is 2.73 bits per heavy atom. The summed E-state index contributed by atoms with van der Waals surface area (Å²) in [7, 11) is 0. The summed E-state index contributed by atoms with van der Waals surface area (Å²) >= 11 is 1.20. The quantitative estimate of drug-likeness (QED) is 0.786. The van der Waals surface area contributed by atoms with E-state index in [0.717, 1.165) is 5.69 Å². The lowest BCUT2D eigenvalue weighted by atomic mass is 10.1.